The van der Waals surface area contributed by atoms with Crippen LogP contribution in [0, 0.1) is 12.7 Å². The Hall–Kier alpha value is -2.41. The molecule has 0 atom stereocenters. The van der Waals surface area contributed by atoms with E-state index >= 15 is 0 Å². The number of anilines is 1. The fourth-order valence-corrected chi connectivity index (χ4v) is 2.91. The van der Waals surface area contributed by atoms with E-state index in [9.17, 15) is 9.18 Å². The molecule has 1 amide bonds. The van der Waals surface area contributed by atoms with Gasteiger partial charge in [0.1, 0.15) is 17.7 Å². The topological polar surface area (TPSA) is 59.4 Å². The smallest absolute Gasteiger partial charge is 0.238 e. The maximum Gasteiger partial charge on any atom is 0.238 e. The lowest BCUT2D eigenvalue weighted by molar-refractivity contribution is -0.117. The van der Waals surface area contributed by atoms with Crippen LogP contribution < -0.4 is 10.1 Å². The fraction of sp³-hybridized carbons (Fsp3) is 0.444. The summed E-state index contributed by atoms with van der Waals surface area (Å²) in [6.45, 7) is 3.87. The molecule has 7 heteroatoms. The van der Waals surface area contributed by atoms with Crippen molar-refractivity contribution in [2.24, 2.45) is 7.05 Å². The van der Waals surface area contributed by atoms with Gasteiger partial charge in [-0.25, -0.2) is 4.39 Å². The molecule has 1 aliphatic rings. The highest BCUT2D eigenvalue weighted by atomic mass is 19.1. The molecular formula is C18H23FN4O2. The van der Waals surface area contributed by atoms with Gasteiger partial charge in [-0.05, 0) is 44.0 Å². The van der Waals surface area contributed by atoms with Gasteiger partial charge in [0.25, 0.3) is 0 Å². The molecule has 1 aromatic carbocycles. The second-order valence-electron chi connectivity index (χ2n) is 6.36. The van der Waals surface area contributed by atoms with Gasteiger partial charge in [-0.3, -0.25) is 14.4 Å². The van der Waals surface area contributed by atoms with E-state index < -0.39 is 0 Å². The highest BCUT2D eigenvalue weighted by molar-refractivity contribution is 5.92. The summed E-state index contributed by atoms with van der Waals surface area (Å²) in [4.78, 5) is 14.3. The standard InChI is InChI=1S/C18H23FN4O2/c1-13-17(11-20-22(13)2)21-18(24)12-23-9-7-16(8-10-23)25-15-5-3-14(19)4-6-15/h3-6,11,16H,7-10,12H2,1-2H3,(H,21,24). The average molecular weight is 346 g/mol. The number of ether oxygens (including phenoxy) is 1. The molecule has 3 rings (SSSR count). The Labute approximate surface area is 146 Å². The number of benzene rings is 1. The number of carbonyl (C=O) groups is 1. The number of aromatic nitrogens is 2. The maximum atomic E-state index is 12.9. The Balaban J connectivity index is 1.43. The molecule has 0 saturated carbocycles. The minimum Gasteiger partial charge on any atom is -0.490 e. The zero-order valence-electron chi connectivity index (χ0n) is 14.5. The molecule has 0 radical (unpaired) electrons. The zero-order chi connectivity index (χ0) is 17.8. The molecule has 2 aromatic rings. The molecule has 1 saturated heterocycles. The van der Waals surface area contributed by atoms with Gasteiger partial charge in [-0.2, -0.15) is 5.10 Å². The molecule has 0 aliphatic carbocycles. The minimum absolute atomic E-state index is 0.0333. The predicted octanol–water partition coefficient (Wildman–Crippen LogP) is 2.35. The van der Waals surface area contributed by atoms with Gasteiger partial charge in [0.2, 0.25) is 5.91 Å². The van der Waals surface area contributed by atoms with Crippen LogP contribution in [0.3, 0.4) is 0 Å². The first-order chi connectivity index (χ1) is 12.0. The SMILES string of the molecule is Cc1c(NC(=O)CN2CCC(Oc3ccc(F)cc3)CC2)cnn1C. The maximum absolute atomic E-state index is 12.9. The van der Waals surface area contributed by atoms with Crippen LogP contribution in [-0.2, 0) is 11.8 Å². The van der Waals surface area contributed by atoms with E-state index in [0.29, 0.717) is 12.3 Å². The van der Waals surface area contributed by atoms with Gasteiger partial charge in [-0.15, -0.1) is 0 Å². The Morgan fingerprint density at radius 1 is 1.32 bits per heavy atom. The number of carbonyl (C=O) groups excluding carboxylic acids is 1. The van der Waals surface area contributed by atoms with E-state index in [2.05, 4.69) is 15.3 Å². The summed E-state index contributed by atoms with van der Waals surface area (Å²) >= 11 is 0. The third-order valence-corrected chi connectivity index (χ3v) is 4.53. The van der Waals surface area contributed by atoms with Gasteiger partial charge < -0.3 is 10.1 Å². The number of rotatable bonds is 5. The van der Waals surface area contributed by atoms with Gasteiger partial charge >= 0.3 is 0 Å². The first kappa shape index (κ1) is 17.4. The molecule has 0 spiro atoms. The van der Waals surface area contributed by atoms with Crippen molar-refractivity contribution in [3.05, 3.63) is 42.0 Å². The van der Waals surface area contributed by atoms with E-state index in [1.54, 1.807) is 23.0 Å². The number of aryl methyl sites for hydroxylation is 1. The van der Waals surface area contributed by atoms with E-state index in [1.165, 1.54) is 12.1 Å². The summed E-state index contributed by atoms with van der Waals surface area (Å²) in [6.07, 6.45) is 3.45. The first-order valence-corrected chi connectivity index (χ1v) is 8.44. The molecule has 6 nitrogen and oxygen atoms in total. The fourth-order valence-electron chi connectivity index (χ4n) is 2.91. The lowest BCUT2D eigenvalue weighted by atomic mass is 10.1. The highest BCUT2D eigenvalue weighted by Gasteiger charge is 2.22. The average Bonchev–Trinajstić information content (AvgIpc) is 2.91. The predicted molar refractivity (Wildman–Crippen MR) is 93.1 cm³/mol. The van der Waals surface area contributed by atoms with Gasteiger partial charge in [0.15, 0.2) is 0 Å². The molecule has 25 heavy (non-hydrogen) atoms. The van der Waals surface area contributed by atoms with E-state index in [0.717, 1.165) is 37.3 Å². The van der Waals surface area contributed by atoms with Crippen molar-refractivity contribution >= 4 is 11.6 Å². The summed E-state index contributed by atoms with van der Waals surface area (Å²) in [5, 5.41) is 7.02. The molecule has 1 aliphatic heterocycles. The van der Waals surface area contributed by atoms with Gasteiger partial charge in [-0.1, -0.05) is 0 Å². The van der Waals surface area contributed by atoms with Gasteiger partial charge in [0.05, 0.1) is 24.1 Å². The number of likely N-dealkylation sites (tertiary alicyclic amines) is 1. The summed E-state index contributed by atoms with van der Waals surface area (Å²) in [5.74, 6) is 0.385. The largest absolute Gasteiger partial charge is 0.490 e. The summed E-state index contributed by atoms with van der Waals surface area (Å²) in [5.41, 5.74) is 1.68. The van der Waals surface area contributed by atoms with Crippen LogP contribution in [-0.4, -0.2) is 46.3 Å². The van der Waals surface area contributed by atoms with Crippen LogP contribution >= 0.6 is 0 Å². The lowest BCUT2D eigenvalue weighted by Gasteiger charge is -2.31. The Morgan fingerprint density at radius 3 is 2.60 bits per heavy atom. The quantitative estimate of drug-likeness (QED) is 0.903. The number of hydrogen-bond acceptors (Lipinski definition) is 4. The van der Waals surface area contributed by atoms with Crippen LogP contribution in [0.2, 0.25) is 0 Å². The van der Waals surface area contributed by atoms with E-state index in [1.807, 2.05) is 14.0 Å². The summed E-state index contributed by atoms with van der Waals surface area (Å²) in [6, 6.07) is 6.08. The monoisotopic (exact) mass is 346 g/mol. The van der Waals surface area contributed by atoms with Crippen molar-refractivity contribution in [2.45, 2.75) is 25.9 Å². The van der Waals surface area contributed by atoms with Crippen LogP contribution in [0.4, 0.5) is 10.1 Å². The number of nitrogens with zero attached hydrogens (tertiary/aromatic N) is 3. The van der Waals surface area contributed by atoms with Crippen molar-refractivity contribution in [1.82, 2.24) is 14.7 Å². The normalized spacial score (nSPS) is 16.0. The van der Waals surface area contributed by atoms with E-state index in [-0.39, 0.29) is 17.8 Å². The number of hydrogen-bond donors (Lipinski definition) is 1. The zero-order valence-corrected chi connectivity index (χ0v) is 14.5. The number of piperidine rings is 1. The molecule has 0 bridgehead atoms. The number of halogens is 1. The second-order valence-corrected chi connectivity index (χ2v) is 6.36. The number of amides is 1. The minimum atomic E-state index is -0.267. The summed E-state index contributed by atoms with van der Waals surface area (Å²) < 4.78 is 20.5. The van der Waals surface area contributed by atoms with Crippen LogP contribution in [0.1, 0.15) is 18.5 Å². The van der Waals surface area contributed by atoms with Crippen molar-refractivity contribution in [3.8, 4) is 5.75 Å². The van der Waals surface area contributed by atoms with E-state index in [4.69, 9.17) is 4.74 Å². The molecule has 134 valence electrons. The Kier molecular flexibility index (Phi) is 5.33. The third-order valence-electron chi connectivity index (χ3n) is 4.53. The van der Waals surface area contributed by atoms with Crippen molar-refractivity contribution in [3.63, 3.8) is 0 Å². The van der Waals surface area contributed by atoms with Crippen molar-refractivity contribution < 1.29 is 13.9 Å². The third kappa shape index (κ3) is 4.57. The van der Waals surface area contributed by atoms with Crippen LogP contribution in [0.5, 0.6) is 5.75 Å². The number of nitrogens with one attached hydrogen (secondary N) is 1. The van der Waals surface area contributed by atoms with Crippen molar-refractivity contribution in [2.75, 3.05) is 25.0 Å². The molecule has 1 N–H and O–H groups in total. The molecular weight excluding hydrogens is 323 g/mol. The summed E-state index contributed by atoms with van der Waals surface area (Å²) in [7, 11) is 1.84. The Bertz CT molecular complexity index is 721. The second kappa shape index (κ2) is 7.65. The first-order valence-electron chi connectivity index (χ1n) is 8.44. The molecule has 1 fully saturated rings. The highest BCUT2D eigenvalue weighted by Crippen LogP contribution is 2.19. The molecule has 2 heterocycles. The Morgan fingerprint density at radius 2 is 2.00 bits per heavy atom. The molecule has 0 unspecified atom stereocenters. The van der Waals surface area contributed by atoms with Crippen LogP contribution in [0.25, 0.3) is 0 Å². The van der Waals surface area contributed by atoms with Crippen LogP contribution in [0.15, 0.2) is 30.5 Å². The lowest BCUT2D eigenvalue weighted by Crippen LogP contribution is -2.42. The van der Waals surface area contributed by atoms with Crippen molar-refractivity contribution in [1.29, 1.82) is 0 Å². The molecule has 1 aromatic heterocycles. The van der Waals surface area contributed by atoms with Gasteiger partial charge in [0, 0.05) is 20.1 Å².